The van der Waals surface area contributed by atoms with Crippen LogP contribution in [0, 0.1) is 5.92 Å². The van der Waals surface area contributed by atoms with Crippen molar-refractivity contribution in [1.29, 1.82) is 0 Å². The second kappa shape index (κ2) is 14.2. The van der Waals surface area contributed by atoms with Gasteiger partial charge in [-0.3, -0.25) is 0 Å². The Balaban J connectivity index is 0.839. The van der Waals surface area contributed by atoms with Gasteiger partial charge >= 0.3 is 0 Å². The molecule has 0 N–H and O–H groups in total. The van der Waals surface area contributed by atoms with Crippen LogP contribution in [0.25, 0.3) is 77.9 Å². The predicted molar refractivity (Wildman–Crippen MR) is 269 cm³/mol. The Hall–Kier alpha value is -7.68. The highest BCUT2D eigenvalue weighted by Gasteiger charge is 2.42. The van der Waals surface area contributed by atoms with Gasteiger partial charge in [0.2, 0.25) is 0 Å². The summed E-state index contributed by atoms with van der Waals surface area (Å²) in [7, 11) is 0. The lowest BCUT2D eigenvalue weighted by Gasteiger charge is -2.28. The van der Waals surface area contributed by atoms with Gasteiger partial charge in [-0.25, -0.2) is 0 Å². The first-order chi connectivity index (χ1) is 31.5. The Labute approximate surface area is 375 Å². The number of nitrogens with zero attached hydrogens (tertiary/aromatic N) is 2. The number of para-hydroxylation sites is 1. The van der Waals surface area contributed by atoms with Gasteiger partial charge in [-0.1, -0.05) is 153 Å². The summed E-state index contributed by atoms with van der Waals surface area (Å²) in [4.78, 5) is 2.40. The molecule has 1 aromatic heterocycles. The summed E-state index contributed by atoms with van der Waals surface area (Å²) >= 11 is 0. The van der Waals surface area contributed by atoms with E-state index >= 15 is 0 Å². The third-order valence-corrected chi connectivity index (χ3v) is 14.4. The van der Waals surface area contributed by atoms with Crippen molar-refractivity contribution in [3.8, 4) is 50.2 Å². The maximum absolute atomic E-state index is 2.48. The average Bonchev–Trinajstić information content (AvgIpc) is 4.02. The summed E-state index contributed by atoms with van der Waals surface area (Å²) in [6.45, 7) is 4.71. The van der Waals surface area contributed by atoms with Crippen LogP contribution in [0.15, 0.2) is 212 Å². The molecule has 2 nitrogen and oxygen atoms in total. The fourth-order valence-corrected chi connectivity index (χ4v) is 11.0. The Kier molecular flexibility index (Phi) is 8.18. The van der Waals surface area contributed by atoms with E-state index in [1.165, 1.54) is 106 Å². The number of benzene rings is 9. The lowest BCUT2D eigenvalue weighted by atomic mass is 9.82. The first kappa shape index (κ1) is 36.9. The van der Waals surface area contributed by atoms with E-state index in [9.17, 15) is 0 Å². The van der Waals surface area contributed by atoms with Gasteiger partial charge < -0.3 is 9.47 Å². The van der Waals surface area contributed by atoms with Gasteiger partial charge in [-0.15, -0.1) is 0 Å². The molecule has 13 rings (SSSR count). The molecule has 304 valence electrons. The lowest BCUT2D eigenvalue weighted by molar-refractivity contribution is 0.660. The van der Waals surface area contributed by atoms with Crippen molar-refractivity contribution in [3.05, 3.63) is 235 Å². The monoisotopic (exact) mass is 818 g/mol. The highest BCUT2D eigenvalue weighted by molar-refractivity contribution is 5.97. The quantitative estimate of drug-likeness (QED) is 0.156. The Morgan fingerprint density at radius 1 is 0.469 bits per heavy atom. The van der Waals surface area contributed by atoms with Crippen molar-refractivity contribution in [2.45, 2.75) is 31.6 Å². The van der Waals surface area contributed by atoms with E-state index < -0.39 is 0 Å². The van der Waals surface area contributed by atoms with Gasteiger partial charge in [-0.2, -0.15) is 0 Å². The second-order valence-corrected chi connectivity index (χ2v) is 18.5. The smallest absolute Gasteiger partial charge is 0.0538 e. The van der Waals surface area contributed by atoms with Gasteiger partial charge in [0.15, 0.2) is 0 Å². The predicted octanol–water partition coefficient (Wildman–Crippen LogP) is 16.7. The molecule has 1 heterocycles. The number of hydrogen-bond donors (Lipinski definition) is 0. The fourth-order valence-electron chi connectivity index (χ4n) is 11.0. The standard InChI is InChI=1S/C62H46N2/c1-62(2)57-19-10-9-18-53(57)54-31-30-52(39-58(54)62)63(49-16-7-4-8-17-49)51-29-24-45-35-44(20-21-46(45)36-51)42-14-11-15-43(34-42)47-25-32-59-56(37-47)61-55-38-48(55)26-33-60(61)64(59)50-27-22-41(23-28-50)40-12-5-3-6-13-40/h3-37,39,48,55H,38H2,1-2H3. The summed E-state index contributed by atoms with van der Waals surface area (Å²) in [5.41, 5.74) is 21.6. The molecule has 1 saturated carbocycles. The van der Waals surface area contributed by atoms with Crippen molar-refractivity contribution < 1.29 is 0 Å². The number of rotatable bonds is 7. The van der Waals surface area contributed by atoms with E-state index in [0.29, 0.717) is 11.8 Å². The van der Waals surface area contributed by atoms with E-state index in [0.717, 1.165) is 11.4 Å². The van der Waals surface area contributed by atoms with Crippen molar-refractivity contribution in [1.82, 2.24) is 4.57 Å². The lowest BCUT2D eigenvalue weighted by Crippen LogP contribution is -2.16. The van der Waals surface area contributed by atoms with Crippen molar-refractivity contribution in [3.63, 3.8) is 0 Å². The maximum atomic E-state index is 2.48. The molecule has 2 unspecified atom stereocenters. The number of hydrogen-bond acceptors (Lipinski definition) is 1. The van der Waals surface area contributed by atoms with E-state index in [1.807, 2.05) is 0 Å². The van der Waals surface area contributed by atoms with Gasteiger partial charge in [0.05, 0.1) is 11.2 Å². The molecule has 0 amide bonds. The number of allylic oxidation sites excluding steroid dienone is 1. The van der Waals surface area contributed by atoms with Crippen LogP contribution in [0.1, 0.15) is 48.6 Å². The van der Waals surface area contributed by atoms with E-state index in [2.05, 4.69) is 242 Å². The van der Waals surface area contributed by atoms with Crippen LogP contribution >= 0.6 is 0 Å². The first-order valence-electron chi connectivity index (χ1n) is 22.7. The molecule has 2 atom stereocenters. The largest absolute Gasteiger partial charge is 0.310 e. The zero-order valence-electron chi connectivity index (χ0n) is 36.0. The van der Waals surface area contributed by atoms with Crippen LogP contribution in [-0.4, -0.2) is 4.57 Å². The van der Waals surface area contributed by atoms with Crippen LogP contribution in [0.4, 0.5) is 17.1 Å². The molecule has 0 aliphatic heterocycles. The Morgan fingerprint density at radius 2 is 1.08 bits per heavy atom. The van der Waals surface area contributed by atoms with Crippen molar-refractivity contribution >= 4 is 44.8 Å². The molecule has 2 heteroatoms. The molecular weight excluding hydrogens is 773 g/mol. The molecule has 0 bridgehead atoms. The molecule has 3 aliphatic rings. The summed E-state index contributed by atoms with van der Waals surface area (Å²) < 4.78 is 2.48. The third kappa shape index (κ3) is 5.86. The summed E-state index contributed by atoms with van der Waals surface area (Å²) in [5, 5.41) is 3.82. The molecule has 9 aromatic carbocycles. The number of aromatic nitrogens is 1. The highest BCUT2D eigenvalue weighted by Crippen LogP contribution is 2.56. The second-order valence-electron chi connectivity index (χ2n) is 18.5. The zero-order chi connectivity index (χ0) is 42.5. The molecule has 64 heavy (non-hydrogen) atoms. The topological polar surface area (TPSA) is 8.17 Å². The Morgan fingerprint density at radius 3 is 1.91 bits per heavy atom. The SMILES string of the molecule is CC1(C)c2ccccc2-c2ccc(N(c3ccccc3)c3ccc4cc(-c5cccc(-c6ccc7c(c6)c6c(n7-c7ccc(-c8ccccc8)cc7)C=CC7CC67)c5)ccc4c3)cc21. The molecule has 0 spiro atoms. The van der Waals surface area contributed by atoms with Gasteiger partial charge in [-0.05, 0) is 169 Å². The minimum Gasteiger partial charge on any atom is -0.310 e. The Bertz CT molecular complexity index is 3500. The van der Waals surface area contributed by atoms with Gasteiger partial charge in [0, 0.05) is 33.6 Å². The summed E-state index contributed by atoms with van der Waals surface area (Å²) in [6.07, 6.45) is 6.05. The van der Waals surface area contributed by atoms with Gasteiger partial charge in [0.1, 0.15) is 0 Å². The number of anilines is 3. The third-order valence-electron chi connectivity index (χ3n) is 14.4. The van der Waals surface area contributed by atoms with Crippen LogP contribution in [0.5, 0.6) is 0 Å². The van der Waals surface area contributed by atoms with Crippen LogP contribution in [0.2, 0.25) is 0 Å². The molecule has 3 aliphatic carbocycles. The minimum atomic E-state index is -0.0754. The van der Waals surface area contributed by atoms with Crippen molar-refractivity contribution in [2.75, 3.05) is 4.90 Å². The summed E-state index contributed by atoms with van der Waals surface area (Å²) in [5.74, 6) is 1.26. The first-order valence-corrected chi connectivity index (χ1v) is 22.7. The summed E-state index contributed by atoms with van der Waals surface area (Å²) in [6, 6.07) is 76.5. The van der Waals surface area contributed by atoms with Crippen LogP contribution < -0.4 is 4.90 Å². The number of fused-ring (bicyclic) bond motifs is 9. The van der Waals surface area contributed by atoms with Crippen molar-refractivity contribution in [2.24, 2.45) is 5.92 Å². The average molecular weight is 819 g/mol. The van der Waals surface area contributed by atoms with Gasteiger partial charge in [0.25, 0.3) is 0 Å². The molecule has 1 fully saturated rings. The molecular formula is C62H46N2. The van der Waals surface area contributed by atoms with Crippen LogP contribution in [-0.2, 0) is 5.41 Å². The minimum absolute atomic E-state index is 0.0754. The molecule has 10 aromatic rings. The molecule has 0 radical (unpaired) electrons. The van der Waals surface area contributed by atoms with Crippen LogP contribution in [0.3, 0.4) is 0 Å². The van der Waals surface area contributed by atoms with E-state index in [4.69, 9.17) is 0 Å². The zero-order valence-corrected chi connectivity index (χ0v) is 36.0. The fraction of sp³-hybridized carbons (Fsp3) is 0.0968. The normalized spacial score (nSPS) is 16.3. The highest BCUT2D eigenvalue weighted by atomic mass is 15.1. The van der Waals surface area contributed by atoms with E-state index in [-0.39, 0.29) is 5.41 Å². The maximum Gasteiger partial charge on any atom is 0.0538 e. The van der Waals surface area contributed by atoms with E-state index in [1.54, 1.807) is 0 Å². The molecule has 0 saturated heterocycles.